The zero-order chi connectivity index (χ0) is 27.4. The van der Waals surface area contributed by atoms with Crippen LogP contribution in [0.5, 0.6) is 0 Å². The molecule has 0 bridgehead atoms. The molecule has 0 saturated heterocycles. The quantitative estimate of drug-likeness (QED) is 0.508. The highest BCUT2D eigenvalue weighted by Gasteiger charge is 2.39. The molecule has 2 aliphatic rings. The molecule has 1 aliphatic heterocycles. The standard InChI is InChI=1S/C29H36N4O5.H2O/c1-29(2,3)25(34)18-33-24-15-8-7-14-23(24)32(21-12-5-4-6-13-21)17-22(26(33)35)31-28(38)30-20-11-9-10-19(16-20)27(36)37;/h7-11,14-16,21-22H,4-6,12-13,17-18H2,1-3H3,(H,36,37)(H2,30,31,38);1H2. The Labute approximate surface area is 228 Å². The number of Topliss-reactive ketones (excluding diaryl/α,β-unsaturated/α-hetero) is 1. The van der Waals surface area contributed by atoms with E-state index in [0.717, 1.165) is 31.4 Å². The SMILES string of the molecule is CC(C)(C)C(=O)CN1C(=O)C(NC(=O)Nc2cccc(C(=O)O)c2)CN(C2CCCCC2)c2ccccc21.O. The highest BCUT2D eigenvalue weighted by molar-refractivity contribution is 6.08. The third-order valence-electron chi connectivity index (χ3n) is 7.25. The number of nitrogens with zero attached hydrogens (tertiary/aromatic N) is 2. The molecule has 2 aromatic carbocycles. The number of hydrogen-bond acceptors (Lipinski definition) is 5. The van der Waals surface area contributed by atoms with Crippen LogP contribution in [0.1, 0.15) is 63.2 Å². The van der Waals surface area contributed by atoms with Gasteiger partial charge in [0, 0.05) is 23.7 Å². The second-order valence-electron chi connectivity index (χ2n) is 11.1. The molecule has 10 heteroatoms. The zero-order valence-corrected chi connectivity index (χ0v) is 22.7. The van der Waals surface area contributed by atoms with Gasteiger partial charge in [0.25, 0.3) is 5.91 Å². The number of carboxylic acids is 1. The van der Waals surface area contributed by atoms with Gasteiger partial charge in [-0.1, -0.05) is 58.2 Å². The first-order valence-electron chi connectivity index (χ1n) is 13.2. The molecule has 0 aromatic heterocycles. The van der Waals surface area contributed by atoms with Crippen molar-refractivity contribution in [3.8, 4) is 0 Å². The van der Waals surface area contributed by atoms with E-state index < -0.39 is 23.5 Å². The highest BCUT2D eigenvalue weighted by Crippen LogP contribution is 2.37. The molecule has 210 valence electrons. The van der Waals surface area contributed by atoms with Crippen molar-refractivity contribution in [1.29, 1.82) is 0 Å². The Hall–Kier alpha value is -3.92. The van der Waals surface area contributed by atoms with E-state index in [1.54, 1.807) is 6.07 Å². The molecule has 5 N–H and O–H groups in total. The molecule has 3 amide bonds. The maximum Gasteiger partial charge on any atom is 0.335 e. The van der Waals surface area contributed by atoms with Crippen LogP contribution in [0.15, 0.2) is 48.5 Å². The Bertz CT molecular complexity index is 1220. The summed E-state index contributed by atoms with van der Waals surface area (Å²) >= 11 is 0. The Morgan fingerprint density at radius 1 is 0.974 bits per heavy atom. The summed E-state index contributed by atoms with van der Waals surface area (Å²) in [7, 11) is 0. The summed E-state index contributed by atoms with van der Waals surface area (Å²) in [5.41, 5.74) is 1.25. The third kappa shape index (κ3) is 6.94. The molecule has 2 aromatic rings. The normalized spacial score (nSPS) is 17.9. The summed E-state index contributed by atoms with van der Waals surface area (Å²) in [6.45, 7) is 5.65. The van der Waals surface area contributed by atoms with E-state index in [1.165, 1.54) is 29.5 Å². The zero-order valence-electron chi connectivity index (χ0n) is 22.7. The minimum atomic E-state index is -1.10. The summed E-state index contributed by atoms with van der Waals surface area (Å²) in [6, 6.07) is 12.2. The van der Waals surface area contributed by atoms with Gasteiger partial charge >= 0.3 is 12.0 Å². The number of carbonyl (C=O) groups is 4. The first-order valence-corrected chi connectivity index (χ1v) is 13.2. The number of hydrogen-bond donors (Lipinski definition) is 3. The maximum absolute atomic E-state index is 14.0. The minimum Gasteiger partial charge on any atom is -0.478 e. The number of urea groups is 1. The van der Waals surface area contributed by atoms with Crippen molar-refractivity contribution in [3.63, 3.8) is 0 Å². The summed E-state index contributed by atoms with van der Waals surface area (Å²) < 4.78 is 0. The lowest BCUT2D eigenvalue weighted by Gasteiger charge is -2.37. The van der Waals surface area contributed by atoms with Crippen LogP contribution in [-0.4, -0.2) is 59.4 Å². The molecule has 10 nitrogen and oxygen atoms in total. The first-order chi connectivity index (χ1) is 18.0. The van der Waals surface area contributed by atoms with Crippen molar-refractivity contribution in [3.05, 3.63) is 54.1 Å². The van der Waals surface area contributed by atoms with Crippen LogP contribution in [0.4, 0.5) is 21.9 Å². The van der Waals surface area contributed by atoms with E-state index in [9.17, 15) is 24.3 Å². The number of carbonyl (C=O) groups excluding carboxylic acids is 3. The Kier molecular flexibility index (Phi) is 9.34. The van der Waals surface area contributed by atoms with Gasteiger partial charge in [-0.2, -0.15) is 0 Å². The van der Waals surface area contributed by atoms with E-state index in [-0.39, 0.29) is 41.9 Å². The van der Waals surface area contributed by atoms with Crippen LogP contribution >= 0.6 is 0 Å². The lowest BCUT2D eigenvalue weighted by molar-refractivity contribution is -0.127. The van der Waals surface area contributed by atoms with Crippen LogP contribution < -0.4 is 20.4 Å². The second-order valence-corrected chi connectivity index (χ2v) is 11.1. The van der Waals surface area contributed by atoms with Gasteiger partial charge in [-0.25, -0.2) is 9.59 Å². The van der Waals surface area contributed by atoms with Crippen LogP contribution in [0.2, 0.25) is 0 Å². The lowest BCUT2D eigenvalue weighted by atomic mass is 9.90. The predicted octanol–water partition coefficient (Wildman–Crippen LogP) is 3.85. The Morgan fingerprint density at radius 2 is 1.64 bits per heavy atom. The van der Waals surface area contributed by atoms with Gasteiger partial charge in [-0.15, -0.1) is 0 Å². The Balaban J connectivity index is 0.00000420. The summed E-state index contributed by atoms with van der Waals surface area (Å²) in [4.78, 5) is 55.1. The molecule has 1 atom stereocenters. The molecule has 1 heterocycles. The number of carboxylic acid groups (broad SMARTS) is 1. The van der Waals surface area contributed by atoms with Crippen molar-refractivity contribution in [2.45, 2.75) is 65.0 Å². The van der Waals surface area contributed by atoms with Gasteiger partial charge < -0.3 is 31.0 Å². The molecule has 0 spiro atoms. The Morgan fingerprint density at radius 3 is 2.28 bits per heavy atom. The lowest BCUT2D eigenvalue weighted by Crippen LogP contribution is -2.55. The molecular formula is C29H38N4O6. The molecule has 1 fully saturated rings. The van der Waals surface area contributed by atoms with E-state index in [0.29, 0.717) is 11.4 Å². The number of amides is 3. The van der Waals surface area contributed by atoms with Gasteiger partial charge in [-0.05, 0) is 43.2 Å². The van der Waals surface area contributed by atoms with E-state index in [1.807, 2.05) is 45.0 Å². The van der Waals surface area contributed by atoms with Crippen molar-refractivity contribution in [2.75, 3.05) is 28.2 Å². The number of aromatic carboxylic acids is 1. The topological polar surface area (TPSA) is 151 Å². The van der Waals surface area contributed by atoms with Crippen LogP contribution in [-0.2, 0) is 9.59 Å². The van der Waals surface area contributed by atoms with Gasteiger partial charge in [0.1, 0.15) is 6.04 Å². The van der Waals surface area contributed by atoms with Crippen LogP contribution in [0.25, 0.3) is 0 Å². The van der Waals surface area contributed by atoms with E-state index in [2.05, 4.69) is 15.5 Å². The van der Waals surface area contributed by atoms with Gasteiger partial charge in [0.05, 0.1) is 23.5 Å². The van der Waals surface area contributed by atoms with Gasteiger partial charge in [-0.3, -0.25) is 9.59 Å². The average Bonchev–Trinajstić information content (AvgIpc) is 2.99. The molecule has 39 heavy (non-hydrogen) atoms. The second kappa shape index (κ2) is 12.3. The van der Waals surface area contributed by atoms with Crippen molar-refractivity contribution < 1.29 is 29.8 Å². The van der Waals surface area contributed by atoms with E-state index >= 15 is 0 Å². The largest absolute Gasteiger partial charge is 0.478 e. The average molecular weight is 539 g/mol. The minimum absolute atomic E-state index is 0. The highest BCUT2D eigenvalue weighted by atomic mass is 16.4. The fourth-order valence-corrected chi connectivity index (χ4v) is 5.06. The number of rotatable bonds is 6. The summed E-state index contributed by atoms with van der Waals surface area (Å²) in [6.07, 6.45) is 5.36. The van der Waals surface area contributed by atoms with E-state index in [4.69, 9.17) is 0 Å². The third-order valence-corrected chi connectivity index (χ3v) is 7.25. The van der Waals surface area contributed by atoms with Gasteiger partial charge in [0.15, 0.2) is 5.78 Å². The van der Waals surface area contributed by atoms with Crippen LogP contribution in [0, 0.1) is 5.41 Å². The number of nitrogens with one attached hydrogen (secondary N) is 2. The molecule has 1 unspecified atom stereocenters. The number of ketones is 1. The smallest absolute Gasteiger partial charge is 0.335 e. The maximum atomic E-state index is 14.0. The fourth-order valence-electron chi connectivity index (χ4n) is 5.06. The monoisotopic (exact) mass is 538 g/mol. The number of fused-ring (bicyclic) bond motifs is 1. The predicted molar refractivity (Wildman–Crippen MR) is 150 cm³/mol. The molecule has 1 saturated carbocycles. The van der Waals surface area contributed by atoms with Crippen LogP contribution in [0.3, 0.4) is 0 Å². The molecule has 4 rings (SSSR count). The molecular weight excluding hydrogens is 500 g/mol. The van der Waals surface area contributed by atoms with Crippen molar-refractivity contribution in [1.82, 2.24) is 5.32 Å². The summed E-state index contributed by atoms with van der Waals surface area (Å²) in [5, 5.41) is 14.7. The van der Waals surface area contributed by atoms with Crippen molar-refractivity contribution >= 4 is 40.8 Å². The number of benzene rings is 2. The number of para-hydroxylation sites is 2. The number of anilines is 3. The molecule has 1 aliphatic carbocycles. The summed E-state index contributed by atoms with van der Waals surface area (Å²) in [5.74, 6) is -1.55. The van der Waals surface area contributed by atoms with Crippen molar-refractivity contribution in [2.24, 2.45) is 5.41 Å². The fraction of sp³-hybridized carbons (Fsp3) is 0.448. The van der Waals surface area contributed by atoms with Gasteiger partial charge in [0.2, 0.25) is 0 Å². The molecule has 0 radical (unpaired) electrons. The first kappa shape index (κ1) is 29.6.